The molecule has 1 fully saturated rings. The fraction of sp³-hybridized carbons (Fsp3) is 0.820. The fourth-order valence-electron chi connectivity index (χ4n) is 7.81. The van der Waals surface area contributed by atoms with E-state index in [1.54, 1.807) is 0 Å². The molecule has 0 N–H and O–H groups in total. The van der Waals surface area contributed by atoms with E-state index in [1.807, 2.05) is 0 Å². The number of esters is 2. The SMILES string of the molecule is CCCCCC#CCCOC(CCCCC(=O)OCC(COC(=O)CCCCC(OCCC#CCCCCC)OCCC#CCCCCC)COC(=O)OCC1CCCN(CC)C1)OCCC#CCCCCC. The molecule has 73 heavy (non-hydrogen) atoms. The number of likely N-dealkylation sites (tertiary alicyclic amines) is 1. The maximum Gasteiger partial charge on any atom is 0.508 e. The van der Waals surface area contributed by atoms with Crippen LogP contribution < -0.4 is 0 Å². The standard InChI is InChI=1S/C61H101NO11/c1-6-11-15-19-23-27-35-46-66-59(67-47-36-28-24-20-16-12-7-2)43-33-31-41-57(63)70-52-56(54-73-61(65)72-51-55-40-39-45-62(10-5)50-55)53-71-58(64)42-32-34-44-60(68-48-37-29-25-21-17-13-8-3)69-49-38-30-26-22-18-14-9-4/h55-56,59-60H,6-22,31-54H2,1-5H3. The van der Waals surface area contributed by atoms with Crippen LogP contribution >= 0.6 is 0 Å². The van der Waals surface area contributed by atoms with Crippen molar-refractivity contribution in [3.8, 4) is 47.4 Å². The van der Waals surface area contributed by atoms with Gasteiger partial charge in [-0.3, -0.25) is 9.59 Å². The second-order valence-corrected chi connectivity index (χ2v) is 19.1. The molecule has 1 unspecified atom stereocenters. The van der Waals surface area contributed by atoms with Crippen LogP contribution in [0.4, 0.5) is 4.79 Å². The maximum atomic E-state index is 13.0. The number of unbranched alkanes of at least 4 members (excludes halogenated alkanes) is 14. The van der Waals surface area contributed by atoms with Crippen LogP contribution in [-0.4, -0.2) is 108 Å². The molecular weight excluding hydrogens is 923 g/mol. The van der Waals surface area contributed by atoms with Crippen LogP contribution in [0.25, 0.3) is 0 Å². The van der Waals surface area contributed by atoms with Gasteiger partial charge in [0, 0.05) is 76.7 Å². The van der Waals surface area contributed by atoms with Crippen molar-refractivity contribution in [3.05, 3.63) is 0 Å². The number of nitrogens with zero attached hydrogens (tertiary/aromatic N) is 1. The predicted octanol–water partition coefficient (Wildman–Crippen LogP) is 13.3. The highest BCUT2D eigenvalue weighted by molar-refractivity contribution is 5.69. The van der Waals surface area contributed by atoms with E-state index in [1.165, 1.54) is 51.4 Å². The zero-order valence-corrected chi connectivity index (χ0v) is 46.7. The minimum Gasteiger partial charge on any atom is -0.465 e. The third kappa shape index (κ3) is 44.3. The molecule has 0 aliphatic carbocycles. The first-order chi connectivity index (χ1) is 35.8. The average Bonchev–Trinajstić information content (AvgIpc) is 3.40. The highest BCUT2D eigenvalue weighted by Crippen LogP contribution is 2.18. The van der Waals surface area contributed by atoms with E-state index >= 15 is 0 Å². The Morgan fingerprint density at radius 2 is 0.849 bits per heavy atom. The fourth-order valence-corrected chi connectivity index (χ4v) is 7.81. The van der Waals surface area contributed by atoms with Crippen molar-refractivity contribution in [1.29, 1.82) is 0 Å². The lowest BCUT2D eigenvalue weighted by Gasteiger charge is -2.31. The van der Waals surface area contributed by atoms with Crippen molar-refractivity contribution in [2.24, 2.45) is 11.8 Å². The molecule has 0 bridgehead atoms. The van der Waals surface area contributed by atoms with Crippen molar-refractivity contribution >= 4 is 18.1 Å². The number of piperidine rings is 1. The molecule has 1 atom stereocenters. The van der Waals surface area contributed by atoms with E-state index in [-0.39, 0.29) is 57.1 Å². The van der Waals surface area contributed by atoms with E-state index < -0.39 is 24.7 Å². The van der Waals surface area contributed by atoms with Crippen molar-refractivity contribution < 1.29 is 52.3 Å². The molecule has 0 aromatic heterocycles. The van der Waals surface area contributed by atoms with Gasteiger partial charge in [-0.25, -0.2) is 4.79 Å². The Morgan fingerprint density at radius 1 is 0.466 bits per heavy atom. The minimum absolute atomic E-state index is 0.0795. The van der Waals surface area contributed by atoms with Crippen molar-refractivity contribution in [3.63, 3.8) is 0 Å². The van der Waals surface area contributed by atoms with Gasteiger partial charge in [0.05, 0.1) is 39.0 Å². The zero-order chi connectivity index (χ0) is 52.9. The molecule has 0 saturated carbocycles. The lowest BCUT2D eigenvalue weighted by Crippen LogP contribution is -2.37. The molecule has 416 valence electrons. The molecule has 12 heteroatoms. The summed E-state index contributed by atoms with van der Waals surface area (Å²) in [5, 5.41) is 0. The monoisotopic (exact) mass is 1020 g/mol. The van der Waals surface area contributed by atoms with Gasteiger partial charge in [-0.15, -0.1) is 47.4 Å². The lowest BCUT2D eigenvalue weighted by molar-refractivity contribution is -0.152. The predicted molar refractivity (Wildman–Crippen MR) is 292 cm³/mol. The number of hydrogen-bond acceptors (Lipinski definition) is 12. The van der Waals surface area contributed by atoms with E-state index in [2.05, 4.69) is 86.9 Å². The minimum atomic E-state index is -0.787. The Bertz CT molecular complexity index is 1440. The third-order valence-corrected chi connectivity index (χ3v) is 12.3. The molecule has 1 heterocycles. The summed E-state index contributed by atoms with van der Waals surface area (Å²) >= 11 is 0. The quantitative estimate of drug-likeness (QED) is 0.0190. The van der Waals surface area contributed by atoms with Gasteiger partial charge in [-0.1, -0.05) is 86.0 Å². The summed E-state index contributed by atoms with van der Waals surface area (Å²) in [7, 11) is 0. The summed E-state index contributed by atoms with van der Waals surface area (Å²) in [6.45, 7) is 15.7. The van der Waals surface area contributed by atoms with E-state index in [0.29, 0.717) is 90.6 Å². The van der Waals surface area contributed by atoms with Gasteiger partial charge in [0.1, 0.15) is 19.8 Å². The van der Waals surface area contributed by atoms with Crippen LogP contribution in [0.5, 0.6) is 0 Å². The highest BCUT2D eigenvalue weighted by atomic mass is 16.7. The smallest absolute Gasteiger partial charge is 0.465 e. The normalized spacial score (nSPS) is 13.3. The maximum absolute atomic E-state index is 13.0. The number of rotatable bonds is 43. The molecule has 0 radical (unpaired) electrons. The van der Waals surface area contributed by atoms with Crippen LogP contribution in [0.3, 0.4) is 0 Å². The average molecular weight is 1020 g/mol. The van der Waals surface area contributed by atoms with Gasteiger partial charge in [0.15, 0.2) is 12.6 Å². The van der Waals surface area contributed by atoms with Crippen LogP contribution in [0.1, 0.15) is 227 Å². The van der Waals surface area contributed by atoms with E-state index in [0.717, 1.165) is 83.8 Å². The first-order valence-corrected chi connectivity index (χ1v) is 29.0. The summed E-state index contributed by atoms with van der Waals surface area (Å²) in [4.78, 5) is 41.1. The second-order valence-electron chi connectivity index (χ2n) is 19.1. The Kier molecular flexibility index (Phi) is 47.7. The van der Waals surface area contributed by atoms with Crippen LogP contribution in [0.15, 0.2) is 0 Å². The molecule has 1 aliphatic rings. The number of ether oxygens (including phenoxy) is 8. The second kappa shape index (κ2) is 51.7. The number of hydrogen-bond donors (Lipinski definition) is 0. The van der Waals surface area contributed by atoms with Crippen LogP contribution in [-0.2, 0) is 47.5 Å². The molecule has 0 spiro atoms. The van der Waals surface area contributed by atoms with Gasteiger partial charge in [-0.05, 0) is 90.1 Å². The lowest BCUT2D eigenvalue weighted by atomic mass is 9.99. The molecule has 0 aromatic carbocycles. The number of carbonyl (C=O) groups is 3. The summed E-state index contributed by atoms with van der Waals surface area (Å²) in [6, 6.07) is 0. The van der Waals surface area contributed by atoms with Gasteiger partial charge in [0.2, 0.25) is 0 Å². The van der Waals surface area contributed by atoms with Gasteiger partial charge < -0.3 is 42.8 Å². The van der Waals surface area contributed by atoms with Gasteiger partial charge in [-0.2, -0.15) is 0 Å². The molecule has 1 saturated heterocycles. The van der Waals surface area contributed by atoms with Gasteiger partial charge >= 0.3 is 18.1 Å². The van der Waals surface area contributed by atoms with Crippen molar-refractivity contribution in [2.45, 2.75) is 240 Å². The molecule has 12 nitrogen and oxygen atoms in total. The Morgan fingerprint density at radius 3 is 1.23 bits per heavy atom. The highest BCUT2D eigenvalue weighted by Gasteiger charge is 2.23. The zero-order valence-electron chi connectivity index (χ0n) is 46.7. The molecule has 0 aromatic rings. The number of carbonyl (C=O) groups excluding carboxylic acids is 3. The van der Waals surface area contributed by atoms with E-state index in [4.69, 9.17) is 37.9 Å². The van der Waals surface area contributed by atoms with Crippen molar-refractivity contribution in [2.75, 3.05) is 72.5 Å². The Labute approximate surface area is 445 Å². The first-order valence-electron chi connectivity index (χ1n) is 29.0. The summed E-state index contributed by atoms with van der Waals surface area (Å²) < 4.78 is 46.6. The Hall–Kier alpha value is -3.75. The third-order valence-electron chi connectivity index (χ3n) is 12.3. The first kappa shape index (κ1) is 67.3. The summed E-state index contributed by atoms with van der Waals surface area (Å²) in [5.74, 6) is 24.7. The largest absolute Gasteiger partial charge is 0.508 e. The van der Waals surface area contributed by atoms with Crippen molar-refractivity contribution in [1.82, 2.24) is 4.90 Å². The van der Waals surface area contributed by atoms with Crippen LogP contribution in [0, 0.1) is 59.2 Å². The molecule has 1 aliphatic heterocycles. The molecule has 0 amide bonds. The topological polar surface area (TPSA) is 128 Å². The van der Waals surface area contributed by atoms with E-state index in [9.17, 15) is 14.4 Å². The summed E-state index contributed by atoms with van der Waals surface area (Å²) in [5.41, 5.74) is 0. The molecular formula is C61H101NO11. The molecule has 1 rings (SSSR count). The Balaban J connectivity index is 2.74. The van der Waals surface area contributed by atoms with Crippen LogP contribution in [0.2, 0.25) is 0 Å². The summed E-state index contributed by atoms with van der Waals surface area (Å²) in [6.07, 6.45) is 24.8. The van der Waals surface area contributed by atoms with Gasteiger partial charge in [0.25, 0.3) is 0 Å².